The molecular formula is C14H18ClIN2O. The van der Waals surface area contributed by atoms with E-state index in [-0.39, 0.29) is 11.9 Å². The van der Waals surface area contributed by atoms with Gasteiger partial charge in [0.15, 0.2) is 0 Å². The Bertz CT molecular complexity index is 479. The molecule has 1 amide bonds. The summed E-state index contributed by atoms with van der Waals surface area (Å²) in [6.45, 7) is 3.60. The first-order valence-corrected chi connectivity index (χ1v) is 7.94. The fourth-order valence-corrected chi connectivity index (χ4v) is 3.07. The van der Waals surface area contributed by atoms with Crippen LogP contribution in [0.1, 0.15) is 30.1 Å². The lowest BCUT2D eigenvalue weighted by Gasteiger charge is -2.34. The molecule has 1 aromatic carbocycles. The summed E-state index contributed by atoms with van der Waals surface area (Å²) in [7, 11) is 0. The number of likely N-dealkylation sites (tertiary alicyclic amines) is 1. The van der Waals surface area contributed by atoms with Crippen molar-refractivity contribution in [2.24, 2.45) is 11.7 Å². The quantitative estimate of drug-likeness (QED) is 0.786. The monoisotopic (exact) mass is 392 g/mol. The Hall–Kier alpha value is -0.330. The third-order valence-corrected chi connectivity index (χ3v) is 5.20. The highest BCUT2D eigenvalue weighted by Crippen LogP contribution is 2.23. The molecule has 1 aliphatic rings. The molecule has 2 unspecified atom stereocenters. The number of halogens is 2. The lowest BCUT2D eigenvalue weighted by Crippen LogP contribution is -2.45. The fourth-order valence-electron chi connectivity index (χ4n) is 2.44. The van der Waals surface area contributed by atoms with Crippen LogP contribution in [0, 0.1) is 9.49 Å². The number of piperidine rings is 1. The van der Waals surface area contributed by atoms with Crippen molar-refractivity contribution in [2.75, 3.05) is 13.1 Å². The van der Waals surface area contributed by atoms with Crippen molar-refractivity contribution < 1.29 is 4.79 Å². The smallest absolute Gasteiger partial charge is 0.253 e. The Morgan fingerprint density at radius 1 is 1.58 bits per heavy atom. The van der Waals surface area contributed by atoms with Crippen LogP contribution < -0.4 is 5.73 Å². The maximum absolute atomic E-state index is 12.5. The summed E-state index contributed by atoms with van der Waals surface area (Å²) >= 11 is 8.13. The van der Waals surface area contributed by atoms with Crippen LogP contribution in [0.4, 0.5) is 0 Å². The van der Waals surface area contributed by atoms with Crippen LogP contribution in [-0.4, -0.2) is 29.9 Å². The van der Waals surface area contributed by atoms with E-state index in [2.05, 4.69) is 22.6 Å². The number of carbonyl (C=O) groups excluding carboxylic acids is 1. The Labute approximate surface area is 132 Å². The predicted molar refractivity (Wildman–Crippen MR) is 86.4 cm³/mol. The van der Waals surface area contributed by atoms with Gasteiger partial charge in [-0.3, -0.25) is 4.79 Å². The zero-order valence-corrected chi connectivity index (χ0v) is 13.8. The highest BCUT2D eigenvalue weighted by Gasteiger charge is 2.26. The molecule has 104 valence electrons. The molecule has 2 N–H and O–H groups in total. The number of hydrogen-bond acceptors (Lipinski definition) is 2. The third-order valence-electron chi connectivity index (χ3n) is 3.66. The van der Waals surface area contributed by atoms with Gasteiger partial charge >= 0.3 is 0 Å². The molecule has 0 bridgehead atoms. The van der Waals surface area contributed by atoms with Crippen LogP contribution in [0.2, 0.25) is 5.02 Å². The first kappa shape index (κ1) is 15.1. The molecule has 0 aliphatic carbocycles. The van der Waals surface area contributed by atoms with Crippen molar-refractivity contribution in [1.82, 2.24) is 4.90 Å². The van der Waals surface area contributed by atoms with Crippen molar-refractivity contribution >= 4 is 40.1 Å². The highest BCUT2D eigenvalue weighted by atomic mass is 127. The van der Waals surface area contributed by atoms with Gasteiger partial charge in [-0.15, -0.1) is 0 Å². The summed E-state index contributed by atoms with van der Waals surface area (Å²) < 4.78 is 0.908. The normalized spacial score (nSPS) is 21.3. The maximum atomic E-state index is 12.5. The number of nitrogens with two attached hydrogens (primary N) is 1. The minimum absolute atomic E-state index is 0.0833. The van der Waals surface area contributed by atoms with Gasteiger partial charge in [0.2, 0.25) is 0 Å². The van der Waals surface area contributed by atoms with E-state index in [9.17, 15) is 4.79 Å². The van der Waals surface area contributed by atoms with Crippen LogP contribution in [0.5, 0.6) is 0 Å². The molecular weight excluding hydrogens is 375 g/mol. The number of rotatable bonds is 2. The van der Waals surface area contributed by atoms with E-state index in [1.54, 1.807) is 12.1 Å². The Morgan fingerprint density at radius 3 is 2.95 bits per heavy atom. The van der Waals surface area contributed by atoms with Gasteiger partial charge in [0, 0.05) is 28.3 Å². The molecule has 5 heteroatoms. The lowest BCUT2D eigenvalue weighted by atomic mass is 9.92. The van der Waals surface area contributed by atoms with Gasteiger partial charge in [-0.1, -0.05) is 11.6 Å². The zero-order chi connectivity index (χ0) is 14.0. The molecule has 2 rings (SSSR count). The van der Waals surface area contributed by atoms with E-state index in [0.29, 0.717) is 16.5 Å². The van der Waals surface area contributed by atoms with Crippen LogP contribution >= 0.6 is 34.2 Å². The summed E-state index contributed by atoms with van der Waals surface area (Å²) in [5.41, 5.74) is 6.66. The summed E-state index contributed by atoms with van der Waals surface area (Å²) in [5.74, 6) is 0.490. The second-order valence-corrected chi connectivity index (χ2v) is 6.71. The van der Waals surface area contributed by atoms with E-state index < -0.39 is 0 Å². The Kier molecular flexibility index (Phi) is 5.09. The molecule has 1 saturated heterocycles. The minimum Gasteiger partial charge on any atom is -0.338 e. The van der Waals surface area contributed by atoms with Gasteiger partial charge < -0.3 is 10.6 Å². The second kappa shape index (κ2) is 6.41. The van der Waals surface area contributed by atoms with E-state index in [0.717, 1.165) is 29.5 Å². The minimum atomic E-state index is 0.0833. The van der Waals surface area contributed by atoms with Crippen molar-refractivity contribution in [2.45, 2.75) is 25.8 Å². The Balaban J connectivity index is 2.12. The molecule has 2 atom stereocenters. The van der Waals surface area contributed by atoms with Crippen LogP contribution in [0.15, 0.2) is 18.2 Å². The summed E-state index contributed by atoms with van der Waals surface area (Å²) in [4.78, 5) is 14.4. The molecule has 0 saturated carbocycles. The van der Waals surface area contributed by atoms with E-state index in [4.69, 9.17) is 17.3 Å². The maximum Gasteiger partial charge on any atom is 0.253 e. The van der Waals surface area contributed by atoms with Gasteiger partial charge in [-0.05, 0) is 66.5 Å². The van der Waals surface area contributed by atoms with Gasteiger partial charge in [0.05, 0.1) is 5.02 Å². The Morgan fingerprint density at radius 2 is 2.32 bits per heavy atom. The molecule has 1 aliphatic heterocycles. The number of nitrogens with zero attached hydrogens (tertiary/aromatic N) is 1. The number of amides is 1. The SMILES string of the molecule is CC(N)C1CCCN(C(=O)c2ccc(Cl)c(I)c2)C1. The van der Waals surface area contributed by atoms with E-state index in [1.807, 2.05) is 17.9 Å². The van der Waals surface area contributed by atoms with E-state index >= 15 is 0 Å². The first-order chi connectivity index (χ1) is 8.99. The average molecular weight is 393 g/mol. The summed E-state index contributed by atoms with van der Waals surface area (Å²) in [6, 6.07) is 5.56. The molecule has 19 heavy (non-hydrogen) atoms. The van der Waals surface area contributed by atoms with E-state index in [1.165, 1.54) is 0 Å². The van der Waals surface area contributed by atoms with Crippen molar-refractivity contribution in [3.05, 3.63) is 32.4 Å². The molecule has 3 nitrogen and oxygen atoms in total. The molecule has 0 aromatic heterocycles. The predicted octanol–water partition coefficient (Wildman–Crippen LogP) is 3.14. The topological polar surface area (TPSA) is 46.3 Å². The van der Waals surface area contributed by atoms with Crippen molar-refractivity contribution in [1.29, 1.82) is 0 Å². The van der Waals surface area contributed by atoms with Gasteiger partial charge in [0.1, 0.15) is 0 Å². The molecule has 0 spiro atoms. The molecule has 1 aromatic rings. The second-order valence-electron chi connectivity index (χ2n) is 5.14. The summed E-state index contributed by atoms with van der Waals surface area (Å²) in [5, 5.41) is 0.684. The van der Waals surface area contributed by atoms with Gasteiger partial charge in [0.25, 0.3) is 5.91 Å². The first-order valence-electron chi connectivity index (χ1n) is 6.49. The molecule has 1 heterocycles. The largest absolute Gasteiger partial charge is 0.338 e. The summed E-state index contributed by atoms with van der Waals surface area (Å²) in [6.07, 6.45) is 2.14. The highest BCUT2D eigenvalue weighted by molar-refractivity contribution is 14.1. The number of hydrogen-bond donors (Lipinski definition) is 1. The average Bonchev–Trinajstić information content (AvgIpc) is 2.41. The lowest BCUT2D eigenvalue weighted by molar-refractivity contribution is 0.0661. The number of carbonyl (C=O) groups is 1. The third kappa shape index (κ3) is 3.61. The van der Waals surface area contributed by atoms with Crippen molar-refractivity contribution in [3.63, 3.8) is 0 Å². The fraction of sp³-hybridized carbons (Fsp3) is 0.500. The molecule has 0 radical (unpaired) electrons. The standard InChI is InChI=1S/C14H18ClIN2O/c1-9(17)11-3-2-6-18(8-11)14(19)10-4-5-12(15)13(16)7-10/h4-5,7,9,11H,2-3,6,8,17H2,1H3. The number of benzene rings is 1. The zero-order valence-electron chi connectivity index (χ0n) is 10.9. The van der Waals surface area contributed by atoms with Crippen LogP contribution in [0.3, 0.4) is 0 Å². The van der Waals surface area contributed by atoms with Gasteiger partial charge in [-0.2, -0.15) is 0 Å². The molecule has 1 fully saturated rings. The van der Waals surface area contributed by atoms with Gasteiger partial charge in [-0.25, -0.2) is 0 Å². The van der Waals surface area contributed by atoms with Crippen LogP contribution in [0.25, 0.3) is 0 Å². The van der Waals surface area contributed by atoms with Crippen molar-refractivity contribution in [3.8, 4) is 0 Å². The van der Waals surface area contributed by atoms with Crippen LogP contribution in [-0.2, 0) is 0 Å².